The van der Waals surface area contributed by atoms with Crippen molar-refractivity contribution in [2.75, 3.05) is 5.75 Å². The van der Waals surface area contributed by atoms with Crippen LogP contribution in [0.25, 0.3) is 0 Å². The Kier molecular flexibility index (Phi) is 4.80. The fourth-order valence-electron chi connectivity index (χ4n) is 2.21. The van der Waals surface area contributed by atoms with Crippen LogP contribution in [0.15, 0.2) is 46.3 Å². The predicted octanol–water partition coefficient (Wildman–Crippen LogP) is 3.21. The van der Waals surface area contributed by atoms with Gasteiger partial charge in [0.05, 0.1) is 34.2 Å². The zero-order valence-corrected chi connectivity index (χ0v) is 12.9. The molecule has 0 amide bonds. The zero-order chi connectivity index (χ0) is 15.4. The van der Waals surface area contributed by atoms with Gasteiger partial charge in [-0.05, 0) is 17.4 Å². The topological polar surface area (TPSA) is 85.6 Å². The Morgan fingerprint density at radius 3 is 2.52 bits per heavy atom. The van der Waals surface area contributed by atoms with Crippen molar-refractivity contribution in [3.63, 3.8) is 0 Å². The summed E-state index contributed by atoms with van der Waals surface area (Å²) in [6, 6.07) is 11.5. The van der Waals surface area contributed by atoms with Crippen LogP contribution >= 0.6 is 23.4 Å². The molecule has 106 valence electrons. The molecule has 0 bridgehead atoms. The van der Waals surface area contributed by atoms with Crippen LogP contribution in [0.5, 0.6) is 0 Å². The van der Waals surface area contributed by atoms with Gasteiger partial charge in [-0.15, -0.1) is 11.8 Å². The molecule has 1 atom stereocenters. The Balaban J connectivity index is 2.66. The van der Waals surface area contributed by atoms with Gasteiger partial charge in [0.2, 0.25) is 0 Å². The first-order chi connectivity index (χ1) is 10.1. The van der Waals surface area contributed by atoms with Crippen molar-refractivity contribution in [3.05, 3.63) is 56.8 Å². The van der Waals surface area contributed by atoms with Crippen molar-refractivity contribution in [1.29, 1.82) is 10.5 Å². The van der Waals surface area contributed by atoms with Crippen molar-refractivity contribution >= 4 is 23.4 Å². The third-order valence-electron chi connectivity index (χ3n) is 3.11. The number of nitrogens with two attached hydrogens (primary N) is 1. The molecule has 0 saturated carbocycles. The molecule has 1 aromatic rings. The van der Waals surface area contributed by atoms with E-state index in [1.807, 2.05) is 25.1 Å². The quantitative estimate of drug-likeness (QED) is 0.894. The lowest BCUT2D eigenvalue weighted by Crippen LogP contribution is -2.29. The molecule has 1 aliphatic heterocycles. The predicted molar refractivity (Wildman–Crippen MR) is 84.9 cm³/mol. The first-order valence-corrected chi connectivity index (χ1v) is 7.68. The van der Waals surface area contributed by atoms with E-state index >= 15 is 0 Å². The SMILES string of the molecule is CCSC1=C(C#N)[C@H](c2ccccc2Cl)C(C#N)=C(N)N1. The Bertz CT molecular complexity index is 709. The fourth-order valence-corrected chi connectivity index (χ4v) is 3.24. The summed E-state index contributed by atoms with van der Waals surface area (Å²) in [6.45, 7) is 1.98. The Hall–Kier alpha value is -2.08. The van der Waals surface area contributed by atoms with E-state index in [1.165, 1.54) is 11.8 Å². The summed E-state index contributed by atoms with van der Waals surface area (Å²) in [5.74, 6) is 0.541. The molecule has 6 heteroatoms. The molecule has 0 aromatic heterocycles. The monoisotopic (exact) mass is 316 g/mol. The maximum absolute atomic E-state index is 9.53. The normalized spacial score (nSPS) is 18.0. The van der Waals surface area contributed by atoms with Gasteiger partial charge in [0, 0.05) is 5.02 Å². The number of nitrogens with zero attached hydrogens (tertiary/aromatic N) is 2. The highest BCUT2D eigenvalue weighted by Gasteiger charge is 2.32. The molecular formula is C15H13ClN4S. The molecule has 0 fully saturated rings. The molecule has 0 radical (unpaired) electrons. The smallest absolute Gasteiger partial charge is 0.116 e. The summed E-state index contributed by atoms with van der Waals surface area (Å²) >= 11 is 7.73. The number of hydrogen-bond donors (Lipinski definition) is 2. The number of benzene rings is 1. The number of dihydropyridines is 1. The number of hydrogen-bond acceptors (Lipinski definition) is 5. The van der Waals surface area contributed by atoms with Crippen molar-refractivity contribution in [2.24, 2.45) is 5.73 Å². The number of halogens is 1. The minimum atomic E-state index is -0.524. The van der Waals surface area contributed by atoms with Crippen LogP contribution in [0.4, 0.5) is 0 Å². The average Bonchev–Trinajstić information content (AvgIpc) is 2.47. The highest BCUT2D eigenvalue weighted by molar-refractivity contribution is 8.03. The molecule has 21 heavy (non-hydrogen) atoms. The molecular weight excluding hydrogens is 304 g/mol. The number of allylic oxidation sites excluding steroid dienone is 2. The van der Waals surface area contributed by atoms with Gasteiger partial charge in [-0.3, -0.25) is 0 Å². The number of thioether (sulfide) groups is 1. The molecule has 2 rings (SSSR count). The maximum Gasteiger partial charge on any atom is 0.116 e. The standard InChI is InChI=1S/C15H13ClN4S/c1-2-21-15-11(8-18)13(10(7-17)14(19)20-15)9-5-3-4-6-12(9)16/h3-6,13,20H,2,19H2,1H3/t13-/m1/s1. The van der Waals surface area contributed by atoms with Crippen molar-refractivity contribution in [2.45, 2.75) is 12.8 Å². The lowest BCUT2D eigenvalue weighted by molar-refractivity contribution is 0.840. The minimum absolute atomic E-state index is 0.275. The second-order valence-corrected chi connectivity index (χ2v) is 5.99. The highest BCUT2D eigenvalue weighted by Crippen LogP contribution is 2.41. The van der Waals surface area contributed by atoms with E-state index in [2.05, 4.69) is 17.5 Å². The first kappa shape index (κ1) is 15.3. The lowest BCUT2D eigenvalue weighted by atomic mass is 9.84. The van der Waals surface area contributed by atoms with Crippen molar-refractivity contribution in [1.82, 2.24) is 5.32 Å². The Labute approximate surface area is 132 Å². The van der Waals surface area contributed by atoms with E-state index in [-0.39, 0.29) is 5.82 Å². The van der Waals surface area contributed by atoms with E-state index in [0.29, 0.717) is 26.8 Å². The van der Waals surface area contributed by atoms with Gasteiger partial charge in [0.25, 0.3) is 0 Å². The summed E-state index contributed by atoms with van der Waals surface area (Å²) in [7, 11) is 0. The van der Waals surface area contributed by atoms with E-state index in [0.717, 1.165) is 5.75 Å². The van der Waals surface area contributed by atoms with Crippen molar-refractivity contribution < 1.29 is 0 Å². The van der Waals surface area contributed by atoms with Crippen LogP contribution < -0.4 is 11.1 Å². The third kappa shape index (κ3) is 2.85. The Morgan fingerprint density at radius 2 is 1.95 bits per heavy atom. The van der Waals surface area contributed by atoms with Gasteiger partial charge in [-0.1, -0.05) is 36.7 Å². The van der Waals surface area contributed by atoms with Crippen LogP contribution in [0, 0.1) is 22.7 Å². The molecule has 0 unspecified atom stereocenters. The van der Waals surface area contributed by atoms with E-state index in [1.54, 1.807) is 6.07 Å². The van der Waals surface area contributed by atoms with Gasteiger partial charge < -0.3 is 11.1 Å². The molecule has 1 heterocycles. The first-order valence-electron chi connectivity index (χ1n) is 6.32. The van der Waals surface area contributed by atoms with Crippen LogP contribution in [-0.4, -0.2) is 5.75 Å². The second-order valence-electron chi connectivity index (χ2n) is 4.31. The molecule has 0 saturated heterocycles. The van der Waals surface area contributed by atoms with Crippen LogP contribution in [-0.2, 0) is 0 Å². The van der Waals surface area contributed by atoms with Gasteiger partial charge in [-0.25, -0.2) is 0 Å². The zero-order valence-electron chi connectivity index (χ0n) is 11.4. The average molecular weight is 317 g/mol. The van der Waals surface area contributed by atoms with Crippen molar-refractivity contribution in [3.8, 4) is 12.1 Å². The maximum atomic E-state index is 9.53. The molecule has 1 aromatic carbocycles. The van der Waals surface area contributed by atoms with Gasteiger partial charge in [-0.2, -0.15) is 10.5 Å². The molecule has 3 N–H and O–H groups in total. The highest BCUT2D eigenvalue weighted by atomic mass is 35.5. The number of nitrogens with one attached hydrogen (secondary N) is 1. The fraction of sp³-hybridized carbons (Fsp3) is 0.200. The van der Waals surface area contributed by atoms with Gasteiger partial charge in [0.15, 0.2) is 0 Å². The van der Waals surface area contributed by atoms with Gasteiger partial charge in [0.1, 0.15) is 5.82 Å². The number of rotatable bonds is 3. The summed E-state index contributed by atoms with van der Waals surface area (Å²) in [5, 5.41) is 23.1. The van der Waals surface area contributed by atoms with E-state index < -0.39 is 5.92 Å². The summed E-state index contributed by atoms with van der Waals surface area (Å²) < 4.78 is 0. The van der Waals surface area contributed by atoms with Crippen LogP contribution in [0.2, 0.25) is 5.02 Å². The molecule has 1 aliphatic rings. The lowest BCUT2D eigenvalue weighted by Gasteiger charge is -2.27. The van der Waals surface area contributed by atoms with E-state index in [9.17, 15) is 10.5 Å². The largest absolute Gasteiger partial charge is 0.384 e. The molecule has 0 aliphatic carbocycles. The van der Waals surface area contributed by atoms with Gasteiger partial charge >= 0.3 is 0 Å². The molecule has 4 nitrogen and oxygen atoms in total. The third-order valence-corrected chi connectivity index (χ3v) is 4.35. The molecule has 0 spiro atoms. The Morgan fingerprint density at radius 1 is 1.29 bits per heavy atom. The summed E-state index contributed by atoms with van der Waals surface area (Å²) in [6.07, 6.45) is 0. The van der Waals surface area contributed by atoms with Crippen LogP contribution in [0.3, 0.4) is 0 Å². The second kappa shape index (κ2) is 6.58. The van der Waals surface area contributed by atoms with Crippen LogP contribution in [0.1, 0.15) is 18.4 Å². The minimum Gasteiger partial charge on any atom is -0.384 e. The van der Waals surface area contributed by atoms with E-state index in [4.69, 9.17) is 17.3 Å². The summed E-state index contributed by atoms with van der Waals surface area (Å²) in [4.78, 5) is 0. The summed E-state index contributed by atoms with van der Waals surface area (Å²) in [5.41, 5.74) is 7.46. The number of nitriles is 2.